The molecular weight excluding hydrogens is 394 g/mol. The lowest BCUT2D eigenvalue weighted by atomic mass is 10.0. The molecule has 2 heterocycles. The molecule has 0 unspecified atom stereocenters. The number of nitrogens with zero attached hydrogens (tertiary/aromatic N) is 3. The Morgan fingerprint density at radius 1 is 1.23 bits per heavy atom. The number of H-pyrrole nitrogens is 1. The highest BCUT2D eigenvalue weighted by atomic mass is 16.5. The SMILES string of the molecule is COc1ccc(OC2CCN(C3CCCC3)CC2)c(C(=O)N[C@H](C)c2n[nH]c(C)n2)c1. The molecule has 31 heavy (non-hydrogen) atoms. The fraction of sp³-hybridized carbons (Fsp3) is 0.609. The molecule has 1 aliphatic heterocycles. The van der Waals surface area contributed by atoms with Gasteiger partial charge in [-0.1, -0.05) is 12.8 Å². The van der Waals surface area contributed by atoms with Crippen molar-refractivity contribution in [1.82, 2.24) is 25.4 Å². The third-order valence-electron chi connectivity index (χ3n) is 6.39. The Bertz CT molecular complexity index is 885. The number of carbonyl (C=O) groups is 1. The maximum atomic E-state index is 13.1. The molecule has 0 bridgehead atoms. The summed E-state index contributed by atoms with van der Waals surface area (Å²) in [7, 11) is 1.59. The van der Waals surface area contributed by atoms with Crippen molar-refractivity contribution in [3.8, 4) is 11.5 Å². The van der Waals surface area contributed by atoms with E-state index >= 15 is 0 Å². The Labute approximate surface area is 183 Å². The molecule has 1 atom stereocenters. The molecule has 2 aliphatic rings. The smallest absolute Gasteiger partial charge is 0.255 e. The Kier molecular flexibility index (Phi) is 6.75. The lowest BCUT2D eigenvalue weighted by molar-refractivity contribution is 0.0748. The number of hydrogen-bond donors (Lipinski definition) is 2. The first-order valence-electron chi connectivity index (χ1n) is 11.3. The van der Waals surface area contributed by atoms with Gasteiger partial charge in [0.05, 0.1) is 18.7 Å². The molecule has 8 nitrogen and oxygen atoms in total. The summed E-state index contributed by atoms with van der Waals surface area (Å²) in [5.41, 5.74) is 0.469. The predicted molar refractivity (Wildman–Crippen MR) is 117 cm³/mol. The number of likely N-dealkylation sites (tertiary alicyclic amines) is 1. The summed E-state index contributed by atoms with van der Waals surface area (Å²) in [6.45, 7) is 5.82. The molecule has 2 fully saturated rings. The average molecular weight is 428 g/mol. The number of aryl methyl sites for hydroxylation is 1. The number of methoxy groups -OCH3 is 1. The highest BCUT2D eigenvalue weighted by Gasteiger charge is 2.29. The quantitative estimate of drug-likeness (QED) is 0.704. The molecular formula is C23H33N5O3. The van der Waals surface area contributed by atoms with Crippen molar-refractivity contribution in [2.24, 2.45) is 0 Å². The minimum absolute atomic E-state index is 0.116. The second kappa shape index (κ2) is 9.68. The highest BCUT2D eigenvalue weighted by Crippen LogP contribution is 2.30. The van der Waals surface area contributed by atoms with Crippen LogP contribution in [0.1, 0.15) is 73.5 Å². The first kappa shape index (κ1) is 21.6. The number of hydrogen-bond acceptors (Lipinski definition) is 6. The van der Waals surface area contributed by atoms with Crippen molar-refractivity contribution in [3.05, 3.63) is 35.4 Å². The van der Waals surface area contributed by atoms with Gasteiger partial charge in [-0.15, -0.1) is 0 Å². The number of benzene rings is 1. The molecule has 8 heteroatoms. The van der Waals surface area contributed by atoms with Gasteiger partial charge in [-0.05, 0) is 57.7 Å². The molecule has 1 aliphatic carbocycles. The second-order valence-electron chi connectivity index (χ2n) is 8.63. The fourth-order valence-corrected chi connectivity index (χ4v) is 4.62. The van der Waals surface area contributed by atoms with Crippen LogP contribution in [0.25, 0.3) is 0 Å². The third-order valence-corrected chi connectivity index (χ3v) is 6.39. The second-order valence-corrected chi connectivity index (χ2v) is 8.63. The number of aromatic nitrogens is 3. The number of amides is 1. The molecule has 1 saturated heterocycles. The summed E-state index contributed by atoms with van der Waals surface area (Å²) in [6, 6.07) is 5.82. The van der Waals surface area contributed by atoms with Gasteiger partial charge in [0, 0.05) is 19.1 Å². The van der Waals surface area contributed by atoms with Gasteiger partial charge >= 0.3 is 0 Å². The number of nitrogens with one attached hydrogen (secondary N) is 2. The molecule has 1 aromatic heterocycles. The minimum Gasteiger partial charge on any atom is -0.497 e. The zero-order valence-corrected chi connectivity index (χ0v) is 18.7. The van der Waals surface area contributed by atoms with Crippen LogP contribution in [0.15, 0.2) is 18.2 Å². The van der Waals surface area contributed by atoms with Gasteiger partial charge in [0.25, 0.3) is 5.91 Å². The van der Waals surface area contributed by atoms with E-state index in [1.807, 2.05) is 26.0 Å². The first-order valence-corrected chi connectivity index (χ1v) is 11.3. The molecule has 1 amide bonds. The summed E-state index contributed by atoms with van der Waals surface area (Å²) in [6.07, 6.45) is 7.46. The van der Waals surface area contributed by atoms with E-state index in [0.29, 0.717) is 28.7 Å². The summed E-state index contributed by atoms with van der Waals surface area (Å²) in [4.78, 5) is 20.0. The Balaban J connectivity index is 1.42. The number of carbonyl (C=O) groups excluding carboxylic acids is 1. The van der Waals surface area contributed by atoms with Crippen molar-refractivity contribution < 1.29 is 14.3 Å². The van der Waals surface area contributed by atoms with Crippen LogP contribution in [0.2, 0.25) is 0 Å². The third kappa shape index (κ3) is 5.18. The van der Waals surface area contributed by atoms with E-state index in [1.165, 1.54) is 25.7 Å². The summed E-state index contributed by atoms with van der Waals surface area (Å²) < 4.78 is 11.7. The standard InChI is InChI=1S/C23H33N5O3/c1-15(22-25-16(2)26-27-22)24-23(29)20-14-19(30-3)8-9-21(20)31-18-10-12-28(13-11-18)17-6-4-5-7-17/h8-9,14-15,17-18H,4-7,10-13H2,1-3H3,(H,24,29)(H,25,26,27)/t15-/m1/s1. The normalized spacial score (nSPS) is 19.3. The largest absolute Gasteiger partial charge is 0.497 e. The van der Waals surface area contributed by atoms with Crippen LogP contribution in [0, 0.1) is 6.92 Å². The lowest BCUT2D eigenvalue weighted by Gasteiger charge is -2.36. The van der Waals surface area contributed by atoms with Gasteiger partial charge in [0.15, 0.2) is 5.82 Å². The van der Waals surface area contributed by atoms with Gasteiger partial charge < -0.3 is 19.7 Å². The summed E-state index contributed by atoms with van der Waals surface area (Å²) in [5, 5.41) is 9.92. The Morgan fingerprint density at radius 3 is 2.61 bits per heavy atom. The van der Waals surface area contributed by atoms with Gasteiger partial charge in [-0.25, -0.2) is 4.98 Å². The van der Waals surface area contributed by atoms with Crippen molar-refractivity contribution in [2.75, 3.05) is 20.2 Å². The monoisotopic (exact) mass is 427 g/mol. The Hall–Kier alpha value is -2.61. The van der Waals surface area contributed by atoms with Gasteiger partial charge in [0.1, 0.15) is 23.4 Å². The zero-order valence-electron chi connectivity index (χ0n) is 18.7. The van der Waals surface area contributed by atoms with Gasteiger partial charge in [0.2, 0.25) is 0 Å². The first-order chi connectivity index (χ1) is 15.0. The summed E-state index contributed by atoms with van der Waals surface area (Å²) in [5.74, 6) is 2.25. The molecule has 0 radical (unpaired) electrons. The van der Waals surface area contributed by atoms with Crippen molar-refractivity contribution in [2.45, 2.75) is 70.6 Å². The molecule has 168 valence electrons. The molecule has 2 aromatic rings. The van der Waals surface area contributed by atoms with E-state index in [4.69, 9.17) is 9.47 Å². The van der Waals surface area contributed by atoms with Crippen LogP contribution in [0.3, 0.4) is 0 Å². The topological polar surface area (TPSA) is 92.4 Å². The van der Waals surface area contributed by atoms with E-state index in [0.717, 1.165) is 32.0 Å². The van der Waals surface area contributed by atoms with E-state index in [2.05, 4.69) is 25.4 Å². The predicted octanol–water partition coefficient (Wildman–Crippen LogP) is 3.40. The van der Waals surface area contributed by atoms with Crippen LogP contribution in [0.4, 0.5) is 0 Å². The minimum atomic E-state index is -0.328. The van der Waals surface area contributed by atoms with Crippen LogP contribution >= 0.6 is 0 Å². The van der Waals surface area contributed by atoms with Crippen molar-refractivity contribution >= 4 is 5.91 Å². The molecule has 1 aromatic carbocycles. The zero-order chi connectivity index (χ0) is 21.8. The van der Waals surface area contributed by atoms with Crippen molar-refractivity contribution in [1.29, 1.82) is 0 Å². The number of aromatic amines is 1. The molecule has 1 saturated carbocycles. The van der Waals surface area contributed by atoms with E-state index < -0.39 is 0 Å². The van der Waals surface area contributed by atoms with E-state index in [-0.39, 0.29) is 18.1 Å². The van der Waals surface area contributed by atoms with Crippen LogP contribution in [-0.4, -0.2) is 58.3 Å². The maximum absolute atomic E-state index is 13.1. The highest BCUT2D eigenvalue weighted by molar-refractivity contribution is 5.97. The molecule has 4 rings (SSSR count). The molecule has 0 spiro atoms. The Morgan fingerprint density at radius 2 is 1.97 bits per heavy atom. The molecule has 2 N–H and O–H groups in total. The fourth-order valence-electron chi connectivity index (χ4n) is 4.62. The average Bonchev–Trinajstić information content (AvgIpc) is 3.46. The maximum Gasteiger partial charge on any atom is 0.255 e. The van der Waals surface area contributed by atoms with Crippen molar-refractivity contribution in [3.63, 3.8) is 0 Å². The number of rotatable bonds is 7. The number of ether oxygens (including phenoxy) is 2. The number of piperidine rings is 1. The van der Waals surface area contributed by atoms with Crippen LogP contribution in [0.5, 0.6) is 11.5 Å². The van der Waals surface area contributed by atoms with Crippen LogP contribution in [-0.2, 0) is 0 Å². The van der Waals surface area contributed by atoms with Gasteiger partial charge in [-0.3, -0.25) is 9.89 Å². The van der Waals surface area contributed by atoms with E-state index in [9.17, 15) is 4.79 Å². The van der Waals surface area contributed by atoms with E-state index in [1.54, 1.807) is 13.2 Å². The lowest BCUT2D eigenvalue weighted by Crippen LogP contribution is -2.43. The summed E-state index contributed by atoms with van der Waals surface area (Å²) >= 11 is 0. The van der Waals surface area contributed by atoms with Crippen LogP contribution < -0.4 is 14.8 Å². The van der Waals surface area contributed by atoms with Gasteiger partial charge in [-0.2, -0.15) is 5.10 Å².